The average Bonchev–Trinajstić information content (AvgIpc) is 2.40. The molecule has 1 unspecified atom stereocenters. The van der Waals surface area contributed by atoms with Gasteiger partial charge in [-0.15, -0.1) is 0 Å². The molecule has 1 rings (SSSR count). The zero-order chi connectivity index (χ0) is 14.3. The quantitative estimate of drug-likeness (QED) is 0.784. The topological polar surface area (TPSA) is 52.6 Å². The highest BCUT2D eigenvalue weighted by molar-refractivity contribution is 5.78. The standard InChI is InChI=1S/C14H21FN2O2/c1-3-17(4-2)14(19)10-16-9-13(18)11-6-5-7-12(15)8-11/h5-8,13,16,18H,3-4,9-10H2,1-2H3. The Bertz CT molecular complexity index is 408. The predicted octanol–water partition coefficient (Wildman–Crippen LogP) is 1.32. The Morgan fingerprint density at radius 3 is 2.68 bits per heavy atom. The number of hydrogen-bond acceptors (Lipinski definition) is 3. The zero-order valence-corrected chi connectivity index (χ0v) is 11.4. The Labute approximate surface area is 113 Å². The smallest absolute Gasteiger partial charge is 0.236 e. The first-order valence-electron chi connectivity index (χ1n) is 6.50. The average molecular weight is 268 g/mol. The highest BCUT2D eigenvalue weighted by Gasteiger charge is 2.11. The summed E-state index contributed by atoms with van der Waals surface area (Å²) in [6, 6.07) is 5.82. The van der Waals surface area contributed by atoms with Crippen molar-refractivity contribution >= 4 is 5.91 Å². The fourth-order valence-corrected chi connectivity index (χ4v) is 1.84. The van der Waals surface area contributed by atoms with Crippen LogP contribution in [0.3, 0.4) is 0 Å². The Morgan fingerprint density at radius 1 is 1.42 bits per heavy atom. The van der Waals surface area contributed by atoms with E-state index >= 15 is 0 Å². The second kappa shape index (κ2) is 7.86. The number of carbonyl (C=O) groups is 1. The van der Waals surface area contributed by atoms with E-state index in [9.17, 15) is 14.3 Å². The van der Waals surface area contributed by atoms with Gasteiger partial charge in [-0.25, -0.2) is 4.39 Å². The first-order valence-corrected chi connectivity index (χ1v) is 6.50. The summed E-state index contributed by atoms with van der Waals surface area (Å²) in [7, 11) is 0. The maximum atomic E-state index is 13.0. The van der Waals surface area contributed by atoms with Gasteiger partial charge in [-0.2, -0.15) is 0 Å². The molecule has 1 amide bonds. The van der Waals surface area contributed by atoms with Gasteiger partial charge in [0.25, 0.3) is 0 Å². The molecular weight excluding hydrogens is 247 g/mol. The zero-order valence-electron chi connectivity index (χ0n) is 11.4. The van der Waals surface area contributed by atoms with Gasteiger partial charge in [0.05, 0.1) is 12.6 Å². The molecule has 2 N–H and O–H groups in total. The van der Waals surface area contributed by atoms with Gasteiger partial charge in [0.2, 0.25) is 5.91 Å². The molecule has 0 radical (unpaired) electrons. The molecule has 5 heteroatoms. The van der Waals surface area contributed by atoms with E-state index in [1.54, 1.807) is 17.0 Å². The van der Waals surface area contributed by atoms with Crippen molar-refractivity contribution in [3.63, 3.8) is 0 Å². The SMILES string of the molecule is CCN(CC)C(=O)CNCC(O)c1cccc(F)c1. The number of halogens is 1. The third-order valence-electron chi connectivity index (χ3n) is 2.96. The van der Waals surface area contributed by atoms with Crippen molar-refractivity contribution in [3.8, 4) is 0 Å². The first kappa shape index (κ1) is 15.6. The van der Waals surface area contributed by atoms with Crippen molar-refractivity contribution in [2.75, 3.05) is 26.2 Å². The summed E-state index contributed by atoms with van der Waals surface area (Å²) in [6.07, 6.45) is -0.819. The maximum Gasteiger partial charge on any atom is 0.236 e. The number of nitrogens with zero attached hydrogens (tertiary/aromatic N) is 1. The van der Waals surface area contributed by atoms with Crippen LogP contribution in [-0.2, 0) is 4.79 Å². The van der Waals surface area contributed by atoms with Gasteiger partial charge in [0, 0.05) is 19.6 Å². The fraction of sp³-hybridized carbons (Fsp3) is 0.500. The summed E-state index contributed by atoms with van der Waals surface area (Å²) in [6.45, 7) is 5.57. The molecule has 0 fully saturated rings. The van der Waals surface area contributed by atoms with Gasteiger partial charge in [0.15, 0.2) is 0 Å². The van der Waals surface area contributed by atoms with E-state index in [1.165, 1.54) is 12.1 Å². The van der Waals surface area contributed by atoms with Crippen LogP contribution in [0.4, 0.5) is 4.39 Å². The molecule has 0 saturated heterocycles. The number of hydrogen-bond donors (Lipinski definition) is 2. The first-order chi connectivity index (χ1) is 9.08. The van der Waals surface area contributed by atoms with Crippen LogP contribution >= 0.6 is 0 Å². The van der Waals surface area contributed by atoms with Crippen LogP contribution in [0.2, 0.25) is 0 Å². The van der Waals surface area contributed by atoms with Gasteiger partial charge in [-0.1, -0.05) is 12.1 Å². The molecule has 1 aromatic rings. The summed E-state index contributed by atoms with van der Waals surface area (Å²) < 4.78 is 13.0. The molecule has 0 aliphatic heterocycles. The number of aliphatic hydroxyl groups excluding tert-OH is 1. The van der Waals surface area contributed by atoms with Crippen molar-refractivity contribution in [2.24, 2.45) is 0 Å². The molecule has 0 spiro atoms. The van der Waals surface area contributed by atoms with Crippen molar-refractivity contribution < 1.29 is 14.3 Å². The van der Waals surface area contributed by atoms with Gasteiger partial charge < -0.3 is 15.3 Å². The molecule has 0 bridgehead atoms. The lowest BCUT2D eigenvalue weighted by atomic mass is 10.1. The molecule has 0 heterocycles. The molecule has 1 atom stereocenters. The lowest BCUT2D eigenvalue weighted by molar-refractivity contribution is -0.129. The van der Waals surface area contributed by atoms with Gasteiger partial charge >= 0.3 is 0 Å². The maximum absolute atomic E-state index is 13.0. The second-order valence-corrected chi connectivity index (χ2v) is 4.27. The monoisotopic (exact) mass is 268 g/mol. The highest BCUT2D eigenvalue weighted by Crippen LogP contribution is 2.12. The number of amides is 1. The molecular formula is C14H21FN2O2. The lowest BCUT2D eigenvalue weighted by Gasteiger charge is -2.19. The van der Waals surface area contributed by atoms with Crippen LogP contribution in [0.25, 0.3) is 0 Å². The van der Waals surface area contributed by atoms with E-state index in [1.807, 2.05) is 13.8 Å². The van der Waals surface area contributed by atoms with E-state index < -0.39 is 6.10 Å². The minimum atomic E-state index is -0.819. The number of benzene rings is 1. The normalized spacial score (nSPS) is 12.2. The summed E-state index contributed by atoms with van der Waals surface area (Å²) >= 11 is 0. The van der Waals surface area contributed by atoms with Crippen molar-refractivity contribution in [2.45, 2.75) is 20.0 Å². The number of rotatable bonds is 7. The molecule has 19 heavy (non-hydrogen) atoms. The Kier molecular flexibility index (Phi) is 6.45. The molecule has 0 saturated carbocycles. The van der Waals surface area contributed by atoms with Crippen molar-refractivity contribution in [1.29, 1.82) is 0 Å². The van der Waals surface area contributed by atoms with Crippen LogP contribution in [0.15, 0.2) is 24.3 Å². The number of nitrogens with one attached hydrogen (secondary N) is 1. The molecule has 1 aromatic carbocycles. The molecule has 0 aromatic heterocycles. The number of likely N-dealkylation sites (N-methyl/N-ethyl adjacent to an activating group) is 1. The minimum Gasteiger partial charge on any atom is -0.387 e. The van der Waals surface area contributed by atoms with Crippen LogP contribution in [0.5, 0.6) is 0 Å². The molecule has 4 nitrogen and oxygen atoms in total. The second-order valence-electron chi connectivity index (χ2n) is 4.27. The summed E-state index contributed by atoms with van der Waals surface area (Å²) in [5.41, 5.74) is 0.503. The lowest BCUT2D eigenvalue weighted by Crippen LogP contribution is -2.39. The summed E-state index contributed by atoms with van der Waals surface area (Å²) in [5, 5.41) is 12.7. The van der Waals surface area contributed by atoms with Crippen LogP contribution in [0.1, 0.15) is 25.5 Å². The minimum absolute atomic E-state index is 0.00329. The van der Waals surface area contributed by atoms with E-state index in [-0.39, 0.29) is 24.8 Å². The van der Waals surface area contributed by atoms with Crippen molar-refractivity contribution in [3.05, 3.63) is 35.6 Å². The number of carbonyl (C=O) groups excluding carboxylic acids is 1. The van der Waals surface area contributed by atoms with Crippen LogP contribution < -0.4 is 5.32 Å². The Morgan fingerprint density at radius 2 is 2.11 bits per heavy atom. The predicted molar refractivity (Wildman–Crippen MR) is 72.2 cm³/mol. The Hall–Kier alpha value is -1.46. The molecule has 106 valence electrons. The van der Waals surface area contributed by atoms with E-state index in [2.05, 4.69) is 5.32 Å². The van der Waals surface area contributed by atoms with Crippen molar-refractivity contribution in [1.82, 2.24) is 10.2 Å². The van der Waals surface area contributed by atoms with E-state index in [4.69, 9.17) is 0 Å². The van der Waals surface area contributed by atoms with E-state index in [0.29, 0.717) is 18.7 Å². The van der Waals surface area contributed by atoms with Gasteiger partial charge in [-0.3, -0.25) is 4.79 Å². The largest absolute Gasteiger partial charge is 0.387 e. The van der Waals surface area contributed by atoms with Gasteiger partial charge in [0.1, 0.15) is 5.82 Å². The fourth-order valence-electron chi connectivity index (χ4n) is 1.84. The third-order valence-corrected chi connectivity index (χ3v) is 2.96. The Balaban J connectivity index is 2.39. The van der Waals surface area contributed by atoms with Crippen LogP contribution in [-0.4, -0.2) is 42.1 Å². The summed E-state index contributed by atoms with van der Waals surface area (Å²) in [4.78, 5) is 13.4. The van der Waals surface area contributed by atoms with Gasteiger partial charge in [-0.05, 0) is 31.5 Å². The van der Waals surface area contributed by atoms with E-state index in [0.717, 1.165) is 0 Å². The summed E-state index contributed by atoms with van der Waals surface area (Å²) in [5.74, 6) is -0.382. The third kappa shape index (κ3) is 4.96. The molecule has 0 aliphatic carbocycles. The number of aliphatic hydroxyl groups is 1. The van der Waals surface area contributed by atoms with Crippen LogP contribution in [0, 0.1) is 5.82 Å². The molecule has 0 aliphatic rings. The highest BCUT2D eigenvalue weighted by atomic mass is 19.1.